The lowest BCUT2D eigenvalue weighted by Gasteiger charge is -2.24. The van der Waals surface area contributed by atoms with Gasteiger partial charge in [0, 0.05) is 5.75 Å². The second-order valence-corrected chi connectivity index (χ2v) is 5.40. The van der Waals surface area contributed by atoms with Crippen LogP contribution in [0.2, 0.25) is 0 Å². The fourth-order valence-corrected chi connectivity index (χ4v) is 1.65. The monoisotopic (exact) mass is 265 g/mol. The third kappa shape index (κ3) is 7.06. The summed E-state index contributed by atoms with van der Waals surface area (Å²) in [6, 6.07) is -0.877. The summed E-state index contributed by atoms with van der Waals surface area (Å²) in [6.07, 6.45) is -0.634. The third-order valence-corrected chi connectivity index (χ3v) is 2.37. The average molecular weight is 265 g/mol. The van der Waals surface area contributed by atoms with E-state index in [1.165, 1.54) is 11.8 Å². The second-order valence-electron chi connectivity index (χ2n) is 4.49. The first-order chi connectivity index (χ1) is 7.67. The molecule has 6 nitrogen and oxygen atoms in total. The SMILES string of the molecule is CSC[C@H](NC(=O)OC(C)(C)C)[C@H](O)C(=O)O. The Morgan fingerprint density at radius 3 is 2.29 bits per heavy atom. The number of carboxylic acids is 1. The van der Waals surface area contributed by atoms with Crippen molar-refractivity contribution in [2.45, 2.75) is 38.5 Å². The van der Waals surface area contributed by atoms with Crippen LogP contribution in [0, 0.1) is 0 Å². The molecule has 0 saturated carbocycles. The lowest BCUT2D eigenvalue weighted by molar-refractivity contribution is -0.147. The van der Waals surface area contributed by atoms with Gasteiger partial charge in [0.05, 0.1) is 6.04 Å². The largest absolute Gasteiger partial charge is 0.479 e. The second kappa shape index (κ2) is 6.70. The minimum Gasteiger partial charge on any atom is -0.479 e. The number of alkyl carbamates (subject to hydrolysis) is 1. The number of nitrogens with one attached hydrogen (secondary N) is 1. The summed E-state index contributed by atoms with van der Waals surface area (Å²) in [4.78, 5) is 22.1. The summed E-state index contributed by atoms with van der Waals surface area (Å²) in [5, 5.41) is 20.4. The number of aliphatic hydroxyl groups is 1. The zero-order valence-electron chi connectivity index (χ0n) is 10.4. The number of carbonyl (C=O) groups is 2. The minimum absolute atomic E-state index is 0.284. The normalized spacial score (nSPS) is 14.9. The molecule has 17 heavy (non-hydrogen) atoms. The van der Waals surface area contributed by atoms with Gasteiger partial charge in [-0.25, -0.2) is 9.59 Å². The van der Waals surface area contributed by atoms with Crippen molar-refractivity contribution in [1.29, 1.82) is 0 Å². The number of carboxylic acid groups (broad SMARTS) is 1. The Kier molecular flexibility index (Phi) is 6.33. The molecule has 0 aliphatic heterocycles. The highest BCUT2D eigenvalue weighted by atomic mass is 32.2. The molecule has 0 heterocycles. The zero-order valence-corrected chi connectivity index (χ0v) is 11.2. The van der Waals surface area contributed by atoms with E-state index in [9.17, 15) is 14.7 Å². The Balaban J connectivity index is 4.44. The van der Waals surface area contributed by atoms with Crippen molar-refractivity contribution in [3.63, 3.8) is 0 Å². The number of aliphatic hydroxyl groups excluding tert-OH is 1. The molecule has 0 aromatic heterocycles. The molecule has 0 bridgehead atoms. The Morgan fingerprint density at radius 2 is 1.94 bits per heavy atom. The summed E-state index contributed by atoms with van der Waals surface area (Å²) in [5.41, 5.74) is -0.665. The number of hydrogen-bond donors (Lipinski definition) is 3. The van der Waals surface area contributed by atoms with Crippen LogP contribution in [0.3, 0.4) is 0 Å². The van der Waals surface area contributed by atoms with Gasteiger partial charge in [0.2, 0.25) is 0 Å². The number of aliphatic carboxylic acids is 1. The van der Waals surface area contributed by atoms with Crippen molar-refractivity contribution >= 4 is 23.8 Å². The first-order valence-electron chi connectivity index (χ1n) is 5.06. The van der Waals surface area contributed by atoms with Crippen molar-refractivity contribution in [3.05, 3.63) is 0 Å². The van der Waals surface area contributed by atoms with Crippen LogP contribution in [-0.2, 0) is 9.53 Å². The number of carbonyl (C=O) groups excluding carboxylic acids is 1. The van der Waals surface area contributed by atoms with E-state index in [0.717, 1.165) is 0 Å². The number of thioether (sulfide) groups is 1. The smallest absolute Gasteiger partial charge is 0.408 e. The van der Waals surface area contributed by atoms with E-state index in [-0.39, 0.29) is 5.75 Å². The first-order valence-corrected chi connectivity index (χ1v) is 6.46. The predicted molar refractivity (Wildman–Crippen MR) is 65.2 cm³/mol. The maximum absolute atomic E-state index is 11.4. The number of rotatable bonds is 5. The molecule has 0 rings (SSSR count). The van der Waals surface area contributed by atoms with E-state index in [2.05, 4.69) is 5.32 Å². The molecule has 0 spiro atoms. The highest BCUT2D eigenvalue weighted by molar-refractivity contribution is 7.98. The van der Waals surface area contributed by atoms with Gasteiger partial charge in [-0.05, 0) is 27.0 Å². The van der Waals surface area contributed by atoms with Gasteiger partial charge in [-0.15, -0.1) is 0 Å². The molecule has 100 valence electrons. The van der Waals surface area contributed by atoms with Crippen molar-refractivity contribution in [2.75, 3.05) is 12.0 Å². The molecule has 0 aromatic rings. The molecule has 2 atom stereocenters. The molecule has 0 aliphatic carbocycles. The van der Waals surface area contributed by atoms with Crippen LogP contribution in [0.15, 0.2) is 0 Å². The third-order valence-electron chi connectivity index (χ3n) is 1.68. The summed E-state index contributed by atoms with van der Waals surface area (Å²) < 4.78 is 4.98. The Bertz CT molecular complexity index is 276. The zero-order chi connectivity index (χ0) is 13.6. The van der Waals surface area contributed by atoms with E-state index in [4.69, 9.17) is 9.84 Å². The summed E-state index contributed by atoms with van der Waals surface area (Å²) in [5.74, 6) is -1.09. The summed E-state index contributed by atoms with van der Waals surface area (Å²) >= 11 is 1.32. The van der Waals surface area contributed by atoms with E-state index in [1.54, 1.807) is 27.0 Å². The van der Waals surface area contributed by atoms with Gasteiger partial charge < -0.3 is 20.3 Å². The van der Waals surface area contributed by atoms with Crippen LogP contribution in [0.25, 0.3) is 0 Å². The van der Waals surface area contributed by atoms with Gasteiger partial charge in [0.1, 0.15) is 5.60 Å². The van der Waals surface area contributed by atoms with Crippen LogP contribution in [0.5, 0.6) is 0 Å². The molecular formula is C10H19NO5S. The van der Waals surface area contributed by atoms with E-state index < -0.39 is 29.8 Å². The quantitative estimate of drug-likeness (QED) is 0.677. The standard InChI is InChI=1S/C10H19NO5S/c1-10(2,3)16-9(15)11-6(5-17-4)7(12)8(13)14/h6-7,12H,5H2,1-4H3,(H,11,15)(H,13,14)/t6-,7-/m0/s1. The lowest BCUT2D eigenvalue weighted by Crippen LogP contribution is -2.49. The molecule has 3 N–H and O–H groups in total. The van der Waals surface area contributed by atoms with Crippen LogP contribution in [-0.4, -0.2) is 52.0 Å². The molecule has 0 aromatic carbocycles. The van der Waals surface area contributed by atoms with Crippen LogP contribution in [0.4, 0.5) is 4.79 Å². The van der Waals surface area contributed by atoms with Crippen molar-refractivity contribution in [3.8, 4) is 0 Å². The topological polar surface area (TPSA) is 95.9 Å². The fraction of sp³-hybridized carbons (Fsp3) is 0.800. The molecule has 0 radical (unpaired) electrons. The minimum atomic E-state index is -1.64. The molecule has 1 amide bonds. The van der Waals surface area contributed by atoms with Crippen LogP contribution in [0.1, 0.15) is 20.8 Å². The molecule has 0 fully saturated rings. The average Bonchev–Trinajstić information content (AvgIpc) is 2.12. The molecular weight excluding hydrogens is 246 g/mol. The van der Waals surface area contributed by atoms with E-state index in [0.29, 0.717) is 0 Å². The van der Waals surface area contributed by atoms with Crippen LogP contribution < -0.4 is 5.32 Å². The van der Waals surface area contributed by atoms with E-state index >= 15 is 0 Å². The molecule has 0 aliphatic rings. The molecule has 7 heteroatoms. The molecule has 0 unspecified atom stereocenters. The van der Waals surface area contributed by atoms with Crippen molar-refractivity contribution in [2.24, 2.45) is 0 Å². The summed E-state index contributed by atoms with van der Waals surface area (Å²) in [7, 11) is 0. The number of amides is 1. The first kappa shape index (κ1) is 16.1. The van der Waals surface area contributed by atoms with Gasteiger partial charge in [0.25, 0.3) is 0 Å². The number of ether oxygens (including phenoxy) is 1. The van der Waals surface area contributed by atoms with Crippen molar-refractivity contribution in [1.82, 2.24) is 5.32 Å². The van der Waals surface area contributed by atoms with E-state index in [1.807, 2.05) is 0 Å². The summed E-state index contributed by atoms with van der Waals surface area (Å²) in [6.45, 7) is 5.09. The molecule has 0 saturated heterocycles. The van der Waals surface area contributed by atoms with Crippen molar-refractivity contribution < 1.29 is 24.5 Å². The van der Waals surface area contributed by atoms with Gasteiger partial charge in [-0.3, -0.25) is 0 Å². The highest BCUT2D eigenvalue weighted by Gasteiger charge is 2.28. The van der Waals surface area contributed by atoms with Gasteiger partial charge in [-0.1, -0.05) is 0 Å². The highest BCUT2D eigenvalue weighted by Crippen LogP contribution is 2.09. The maximum Gasteiger partial charge on any atom is 0.408 e. The maximum atomic E-state index is 11.4. The Labute approximate surface area is 105 Å². The van der Waals surface area contributed by atoms with Gasteiger partial charge in [-0.2, -0.15) is 11.8 Å². The Morgan fingerprint density at radius 1 is 1.41 bits per heavy atom. The van der Waals surface area contributed by atoms with Crippen LogP contribution >= 0.6 is 11.8 Å². The lowest BCUT2D eigenvalue weighted by atomic mass is 10.2. The number of hydrogen-bond acceptors (Lipinski definition) is 5. The van der Waals surface area contributed by atoms with Gasteiger partial charge in [0.15, 0.2) is 6.10 Å². The predicted octanol–water partition coefficient (Wildman–Crippen LogP) is 0.688. The fourth-order valence-electron chi connectivity index (χ4n) is 1.02. The van der Waals surface area contributed by atoms with Gasteiger partial charge >= 0.3 is 12.1 Å². The Hall–Kier alpha value is -0.950.